The molecule has 0 aromatic rings. The fourth-order valence-corrected chi connectivity index (χ4v) is 8.78. The minimum atomic E-state index is -1.91. The minimum Gasteiger partial charge on any atom is -0.479 e. The number of aliphatic hydroxyl groups excluding tert-OH is 2. The lowest BCUT2D eigenvalue weighted by atomic mass is 9.98. The Bertz CT molecular complexity index is 1460. The SMILES string of the molecule is CCCCC/C=C\C/C=C\CCCCCCCCCCCC(=O)OCC(COC1OC(C(=O)O)C(O)C(O)C1OC(=O)CCCCCCC/C=C\C/C=C\CCCCC)OC(=O)CCCCCCCCCCC. The van der Waals surface area contributed by atoms with E-state index in [-0.39, 0.29) is 25.9 Å². The van der Waals surface area contributed by atoms with Crippen LogP contribution in [0, 0.1) is 0 Å². The lowest BCUT2D eigenvalue weighted by molar-refractivity contribution is -0.301. The predicted octanol–water partition coefficient (Wildman–Crippen LogP) is 15.0. The van der Waals surface area contributed by atoms with E-state index in [9.17, 15) is 34.5 Å². The molecule has 0 aromatic carbocycles. The normalized spacial score (nSPS) is 18.6. The second kappa shape index (κ2) is 49.6. The summed E-state index contributed by atoms with van der Waals surface area (Å²) in [6.45, 7) is 5.91. The number of ether oxygens (including phenoxy) is 5. The Labute approximate surface area is 443 Å². The number of hydrogen-bond donors (Lipinski definition) is 3. The summed E-state index contributed by atoms with van der Waals surface area (Å²) in [5.74, 6) is -3.13. The number of aliphatic hydroxyl groups is 2. The molecule has 0 saturated carbocycles. The van der Waals surface area contributed by atoms with E-state index < -0.39 is 67.3 Å². The molecular weight excluding hydrogens is 925 g/mol. The molecule has 1 aliphatic heterocycles. The highest BCUT2D eigenvalue weighted by Crippen LogP contribution is 2.26. The van der Waals surface area contributed by atoms with Gasteiger partial charge in [0.2, 0.25) is 0 Å². The third-order valence-electron chi connectivity index (χ3n) is 13.4. The van der Waals surface area contributed by atoms with Crippen LogP contribution in [0.4, 0.5) is 0 Å². The minimum absolute atomic E-state index is 0.0458. The molecule has 12 nitrogen and oxygen atoms in total. The number of allylic oxidation sites excluding steroid dienone is 8. The van der Waals surface area contributed by atoms with E-state index in [0.29, 0.717) is 19.3 Å². The number of unbranched alkanes of at least 4 members (excludes halogenated alkanes) is 28. The van der Waals surface area contributed by atoms with Crippen LogP contribution in [-0.2, 0) is 42.9 Å². The van der Waals surface area contributed by atoms with Crippen LogP contribution in [0.25, 0.3) is 0 Å². The van der Waals surface area contributed by atoms with E-state index in [2.05, 4.69) is 69.4 Å². The molecule has 422 valence electrons. The van der Waals surface area contributed by atoms with Gasteiger partial charge in [0, 0.05) is 19.3 Å². The Hall–Kier alpha value is -3.32. The van der Waals surface area contributed by atoms with Gasteiger partial charge in [-0.3, -0.25) is 14.4 Å². The third kappa shape index (κ3) is 39.7. The van der Waals surface area contributed by atoms with Crippen molar-refractivity contribution in [2.45, 2.75) is 302 Å². The lowest BCUT2D eigenvalue weighted by Gasteiger charge is -2.40. The summed E-state index contributed by atoms with van der Waals surface area (Å²) >= 11 is 0. The number of aliphatic carboxylic acids is 1. The van der Waals surface area contributed by atoms with Gasteiger partial charge in [-0.1, -0.05) is 211 Å². The Balaban J connectivity index is 2.63. The molecule has 1 heterocycles. The number of rotatable bonds is 50. The molecule has 1 aliphatic rings. The summed E-state index contributed by atoms with van der Waals surface area (Å²) < 4.78 is 28.4. The number of carbonyl (C=O) groups excluding carboxylic acids is 3. The zero-order valence-corrected chi connectivity index (χ0v) is 46.4. The highest BCUT2D eigenvalue weighted by molar-refractivity contribution is 5.74. The molecule has 1 fully saturated rings. The van der Waals surface area contributed by atoms with Crippen molar-refractivity contribution in [1.82, 2.24) is 0 Å². The van der Waals surface area contributed by atoms with Crippen molar-refractivity contribution in [2.24, 2.45) is 0 Å². The second-order valence-electron chi connectivity index (χ2n) is 20.3. The monoisotopic (exact) mass is 1030 g/mol. The molecule has 73 heavy (non-hydrogen) atoms. The van der Waals surface area contributed by atoms with Crippen LogP contribution in [0.3, 0.4) is 0 Å². The molecule has 0 radical (unpaired) electrons. The summed E-state index contributed by atoms with van der Waals surface area (Å²) in [5.41, 5.74) is 0. The molecule has 0 bridgehead atoms. The first-order valence-corrected chi connectivity index (χ1v) is 29.6. The van der Waals surface area contributed by atoms with Gasteiger partial charge >= 0.3 is 23.9 Å². The second-order valence-corrected chi connectivity index (χ2v) is 20.3. The van der Waals surface area contributed by atoms with E-state index in [0.717, 1.165) is 96.3 Å². The van der Waals surface area contributed by atoms with E-state index in [4.69, 9.17) is 23.7 Å². The van der Waals surface area contributed by atoms with E-state index >= 15 is 0 Å². The summed E-state index contributed by atoms with van der Waals surface area (Å²) in [7, 11) is 0. The third-order valence-corrected chi connectivity index (χ3v) is 13.4. The number of carbonyl (C=O) groups is 4. The van der Waals surface area contributed by atoms with Crippen LogP contribution >= 0.6 is 0 Å². The number of carboxylic acid groups (broad SMARTS) is 1. The van der Waals surface area contributed by atoms with Gasteiger partial charge in [0.05, 0.1) is 6.61 Å². The van der Waals surface area contributed by atoms with Gasteiger partial charge < -0.3 is 39.0 Å². The van der Waals surface area contributed by atoms with Crippen LogP contribution in [-0.4, -0.2) is 89.2 Å². The topological polar surface area (TPSA) is 175 Å². The highest BCUT2D eigenvalue weighted by atomic mass is 16.7. The van der Waals surface area contributed by atoms with Crippen molar-refractivity contribution in [3.8, 4) is 0 Å². The standard InChI is InChI=1S/C61H106O12/c1-4-7-10-13-16-19-21-23-25-26-27-28-30-31-33-36-38-41-44-47-53(62)69-50-52(71-54(63)48-45-42-39-35-18-15-12-9-6-3)51-70-61-59(57(66)56(65)58(73-61)60(67)68)72-55(64)49-46-43-40-37-34-32-29-24-22-20-17-14-11-8-5-2/h16-17,19-20,23-25,29,52,56-59,61,65-66H,4-15,18,21-22,26-28,30-51H2,1-3H3,(H,67,68)/b19-16-,20-17-,25-23-,29-24-. The van der Waals surface area contributed by atoms with Crippen molar-refractivity contribution in [2.75, 3.05) is 13.2 Å². The molecular formula is C61H106O12. The van der Waals surface area contributed by atoms with Crippen molar-refractivity contribution in [3.63, 3.8) is 0 Å². The van der Waals surface area contributed by atoms with E-state index in [1.165, 1.54) is 109 Å². The first kappa shape index (κ1) is 67.7. The van der Waals surface area contributed by atoms with Crippen molar-refractivity contribution in [3.05, 3.63) is 48.6 Å². The Morgan fingerprint density at radius 1 is 0.452 bits per heavy atom. The predicted molar refractivity (Wildman–Crippen MR) is 294 cm³/mol. The molecule has 0 aliphatic carbocycles. The van der Waals surface area contributed by atoms with Crippen LogP contribution in [0.2, 0.25) is 0 Å². The zero-order valence-electron chi connectivity index (χ0n) is 46.4. The van der Waals surface area contributed by atoms with Gasteiger partial charge in [-0.05, 0) is 83.5 Å². The molecule has 0 amide bonds. The summed E-state index contributed by atoms with van der Waals surface area (Å²) in [6, 6.07) is 0. The average molecular weight is 1030 g/mol. The van der Waals surface area contributed by atoms with Crippen molar-refractivity contribution < 1.29 is 58.2 Å². The summed E-state index contributed by atoms with van der Waals surface area (Å²) in [6.07, 6.45) is 46.6. The van der Waals surface area contributed by atoms with Crippen molar-refractivity contribution >= 4 is 23.9 Å². The molecule has 3 N–H and O–H groups in total. The Morgan fingerprint density at radius 2 is 0.822 bits per heavy atom. The zero-order chi connectivity index (χ0) is 53.3. The van der Waals surface area contributed by atoms with E-state index in [1.807, 2.05) is 0 Å². The Morgan fingerprint density at radius 3 is 1.26 bits per heavy atom. The van der Waals surface area contributed by atoms with Crippen molar-refractivity contribution in [1.29, 1.82) is 0 Å². The summed E-state index contributed by atoms with van der Waals surface area (Å²) in [5, 5.41) is 31.4. The van der Waals surface area contributed by atoms with Crippen LogP contribution < -0.4 is 0 Å². The lowest BCUT2D eigenvalue weighted by Crippen LogP contribution is -2.61. The van der Waals surface area contributed by atoms with Gasteiger partial charge in [-0.25, -0.2) is 4.79 Å². The quantitative estimate of drug-likeness (QED) is 0.0228. The fraction of sp³-hybridized carbons (Fsp3) is 0.803. The number of hydrogen-bond acceptors (Lipinski definition) is 11. The highest BCUT2D eigenvalue weighted by Gasteiger charge is 2.50. The molecule has 12 heteroatoms. The number of esters is 3. The smallest absolute Gasteiger partial charge is 0.335 e. The first-order chi connectivity index (χ1) is 35.6. The van der Waals surface area contributed by atoms with E-state index in [1.54, 1.807) is 0 Å². The molecule has 1 rings (SSSR count). The van der Waals surface area contributed by atoms with Crippen LogP contribution in [0.15, 0.2) is 48.6 Å². The average Bonchev–Trinajstić information content (AvgIpc) is 3.37. The maximum absolute atomic E-state index is 13.1. The summed E-state index contributed by atoms with van der Waals surface area (Å²) in [4.78, 5) is 51.0. The van der Waals surface area contributed by atoms with Crippen LogP contribution in [0.1, 0.15) is 265 Å². The van der Waals surface area contributed by atoms with Gasteiger partial charge in [0.25, 0.3) is 0 Å². The number of carboxylic acids is 1. The molecule has 1 saturated heterocycles. The molecule has 6 unspecified atom stereocenters. The van der Waals surface area contributed by atoms with Crippen LogP contribution in [0.5, 0.6) is 0 Å². The molecule has 0 aromatic heterocycles. The maximum Gasteiger partial charge on any atom is 0.335 e. The largest absolute Gasteiger partial charge is 0.479 e. The molecule has 6 atom stereocenters. The van der Waals surface area contributed by atoms with Gasteiger partial charge in [0.1, 0.15) is 18.8 Å². The first-order valence-electron chi connectivity index (χ1n) is 29.6. The maximum atomic E-state index is 13.1. The van der Waals surface area contributed by atoms with Gasteiger partial charge in [-0.15, -0.1) is 0 Å². The van der Waals surface area contributed by atoms with Gasteiger partial charge in [-0.2, -0.15) is 0 Å². The van der Waals surface area contributed by atoms with Gasteiger partial charge in [0.15, 0.2) is 24.6 Å². The fourth-order valence-electron chi connectivity index (χ4n) is 8.78. The Kier molecular flexibility index (Phi) is 45.9. The molecule has 0 spiro atoms.